The van der Waals surface area contributed by atoms with E-state index in [0.29, 0.717) is 5.56 Å². The fraction of sp³-hybridized carbons (Fsp3) is 0.571. The maximum atomic E-state index is 10.1. The number of phenolic OH excluding ortho intramolecular Hbond substituents is 1. The molecule has 1 aliphatic heterocycles. The van der Waals surface area contributed by atoms with Crippen molar-refractivity contribution in [3.63, 3.8) is 0 Å². The molecule has 112 valence electrons. The zero-order chi connectivity index (χ0) is 14.9. The van der Waals surface area contributed by atoms with E-state index in [9.17, 15) is 25.5 Å². The van der Waals surface area contributed by atoms with Crippen molar-refractivity contribution in [2.24, 2.45) is 5.92 Å². The van der Waals surface area contributed by atoms with Gasteiger partial charge in [-0.2, -0.15) is 0 Å². The number of aliphatic hydroxyl groups is 4. The lowest BCUT2D eigenvalue weighted by atomic mass is 9.85. The molecule has 6 atom stereocenters. The lowest BCUT2D eigenvalue weighted by Gasteiger charge is -2.40. The minimum Gasteiger partial charge on any atom is -0.508 e. The van der Waals surface area contributed by atoms with E-state index in [2.05, 4.69) is 0 Å². The minimum atomic E-state index is -1.24. The van der Waals surface area contributed by atoms with Gasteiger partial charge in [0.05, 0.1) is 18.3 Å². The Morgan fingerprint density at radius 2 is 1.70 bits per heavy atom. The van der Waals surface area contributed by atoms with Crippen molar-refractivity contribution in [1.82, 2.24) is 0 Å². The van der Waals surface area contributed by atoms with Crippen LogP contribution in [0.5, 0.6) is 5.75 Å². The van der Waals surface area contributed by atoms with Gasteiger partial charge in [0.15, 0.2) is 6.29 Å². The molecule has 5 N–H and O–H groups in total. The number of benzene rings is 1. The van der Waals surface area contributed by atoms with Crippen molar-refractivity contribution >= 4 is 0 Å². The van der Waals surface area contributed by atoms with E-state index in [1.54, 1.807) is 19.1 Å². The Morgan fingerprint density at radius 3 is 2.30 bits per heavy atom. The van der Waals surface area contributed by atoms with Crippen molar-refractivity contribution in [2.45, 2.75) is 44.1 Å². The van der Waals surface area contributed by atoms with E-state index in [1.807, 2.05) is 0 Å². The van der Waals surface area contributed by atoms with Gasteiger partial charge in [-0.05, 0) is 31.0 Å². The molecule has 2 unspecified atom stereocenters. The largest absolute Gasteiger partial charge is 0.508 e. The molecule has 1 aliphatic rings. The first-order valence-corrected chi connectivity index (χ1v) is 6.57. The van der Waals surface area contributed by atoms with Gasteiger partial charge in [-0.1, -0.05) is 12.1 Å². The van der Waals surface area contributed by atoms with Crippen LogP contribution in [0.3, 0.4) is 0 Å². The summed E-state index contributed by atoms with van der Waals surface area (Å²) in [6.45, 7) is 1.56. The summed E-state index contributed by atoms with van der Waals surface area (Å²) in [7, 11) is 0. The lowest BCUT2D eigenvalue weighted by Crippen LogP contribution is -2.53. The van der Waals surface area contributed by atoms with E-state index < -0.39 is 36.6 Å². The maximum absolute atomic E-state index is 10.1. The highest BCUT2D eigenvalue weighted by atomic mass is 16.6. The molecule has 6 nitrogen and oxygen atoms in total. The summed E-state index contributed by atoms with van der Waals surface area (Å²) in [4.78, 5) is 0. The molecule has 0 aliphatic carbocycles. The third-order valence-electron chi connectivity index (χ3n) is 3.76. The average molecular weight is 284 g/mol. The zero-order valence-corrected chi connectivity index (χ0v) is 11.1. The Hall–Kier alpha value is -1.18. The Balaban J connectivity index is 2.06. The van der Waals surface area contributed by atoms with Crippen molar-refractivity contribution < 1.29 is 30.3 Å². The summed E-state index contributed by atoms with van der Waals surface area (Å²) in [5.41, 5.74) is 0.551. The molecule has 0 radical (unpaired) electrons. The van der Waals surface area contributed by atoms with Gasteiger partial charge in [-0.25, -0.2) is 0 Å². The molecule has 0 spiro atoms. The predicted molar refractivity (Wildman–Crippen MR) is 69.7 cm³/mol. The van der Waals surface area contributed by atoms with Crippen LogP contribution in [0.1, 0.15) is 25.0 Å². The molecule has 1 heterocycles. The van der Waals surface area contributed by atoms with Crippen LogP contribution in [0.15, 0.2) is 24.3 Å². The highest BCUT2D eigenvalue weighted by Gasteiger charge is 2.42. The summed E-state index contributed by atoms with van der Waals surface area (Å²) in [6, 6.07) is 6.00. The molecule has 0 bridgehead atoms. The SMILES string of the molecule is C[C@@H]1OC(O)[C@@H](CC(O)c2ccc(O)cc2)[C@H](O)[C@@H]1O. The number of aliphatic hydroxyl groups excluding tert-OH is 4. The van der Waals surface area contributed by atoms with Gasteiger partial charge in [0, 0.05) is 5.92 Å². The predicted octanol–water partition coefficient (Wildman–Crippen LogP) is -0.109. The molecule has 0 saturated carbocycles. The third kappa shape index (κ3) is 3.11. The van der Waals surface area contributed by atoms with Gasteiger partial charge < -0.3 is 30.3 Å². The highest BCUT2D eigenvalue weighted by Crippen LogP contribution is 2.32. The number of ether oxygens (including phenoxy) is 1. The Labute approximate surface area is 116 Å². The van der Waals surface area contributed by atoms with Gasteiger partial charge in [0.1, 0.15) is 11.9 Å². The summed E-state index contributed by atoms with van der Waals surface area (Å²) in [5, 5.41) is 48.9. The van der Waals surface area contributed by atoms with Gasteiger partial charge in [-0.15, -0.1) is 0 Å². The third-order valence-corrected chi connectivity index (χ3v) is 3.76. The first-order valence-electron chi connectivity index (χ1n) is 6.57. The summed E-state index contributed by atoms with van der Waals surface area (Å²) in [5.74, 6) is -0.698. The van der Waals surface area contributed by atoms with Gasteiger partial charge in [-0.3, -0.25) is 0 Å². The smallest absolute Gasteiger partial charge is 0.160 e. The first kappa shape index (κ1) is 15.2. The molecule has 2 rings (SSSR count). The van der Waals surface area contributed by atoms with E-state index in [1.165, 1.54) is 12.1 Å². The van der Waals surface area contributed by atoms with Crippen LogP contribution in [0.4, 0.5) is 0 Å². The standard InChI is InChI=1S/C14H20O6/c1-7-12(17)13(18)10(14(19)20-7)6-11(16)8-2-4-9(15)5-3-8/h2-5,7,10-19H,6H2,1H3/t7-,10-,11?,12+,13-,14?/m0/s1. The van der Waals surface area contributed by atoms with Crippen molar-refractivity contribution in [3.05, 3.63) is 29.8 Å². The number of rotatable bonds is 3. The molecular weight excluding hydrogens is 264 g/mol. The van der Waals surface area contributed by atoms with E-state index in [-0.39, 0.29) is 12.2 Å². The summed E-state index contributed by atoms with van der Waals surface area (Å²) in [6.07, 6.45) is -5.07. The Kier molecular flexibility index (Phi) is 4.62. The number of aromatic hydroxyl groups is 1. The van der Waals surface area contributed by atoms with E-state index >= 15 is 0 Å². The maximum Gasteiger partial charge on any atom is 0.160 e. The van der Waals surface area contributed by atoms with Gasteiger partial charge in [0.2, 0.25) is 0 Å². The van der Waals surface area contributed by atoms with Crippen LogP contribution >= 0.6 is 0 Å². The van der Waals surface area contributed by atoms with Crippen LogP contribution in [0, 0.1) is 5.92 Å². The molecule has 1 fully saturated rings. The molecule has 6 heteroatoms. The first-order chi connectivity index (χ1) is 9.40. The topological polar surface area (TPSA) is 110 Å². The van der Waals surface area contributed by atoms with Crippen LogP contribution < -0.4 is 0 Å². The van der Waals surface area contributed by atoms with Gasteiger partial charge in [0.25, 0.3) is 0 Å². The molecule has 1 saturated heterocycles. The van der Waals surface area contributed by atoms with Crippen molar-refractivity contribution in [3.8, 4) is 5.75 Å². The van der Waals surface area contributed by atoms with E-state index in [0.717, 1.165) is 0 Å². The van der Waals surface area contributed by atoms with Crippen LogP contribution in [0.25, 0.3) is 0 Å². The van der Waals surface area contributed by atoms with E-state index in [4.69, 9.17) is 4.74 Å². The Bertz CT molecular complexity index is 434. The second-order valence-electron chi connectivity index (χ2n) is 5.22. The molecule has 0 amide bonds. The number of phenols is 1. The molecular formula is C14H20O6. The second-order valence-corrected chi connectivity index (χ2v) is 5.22. The van der Waals surface area contributed by atoms with Crippen LogP contribution in [-0.2, 0) is 4.74 Å². The fourth-order valence-electron chi connectivity index (χ4n) is 2.45. The normalized spacial score (nSPS) is 35.8. The minimum absolute atomic E-state index is 0.0386. The average Bonchev–Trinajstić information content (AvgIpc) is 2.42. The number of hydrogen-bond donors (Lipinski definition) is 5. The van der Waals surface area contributed by atoms with Crippen LogP contribution in [-0.4, -0.2) is 50.1 Å². The van der Waals surface area contributed by atoms with Crippen LogP contribution in [0.2, 0.25) is 0 Å². The number of hydrogen-bond acceptors (Lipinski definition) is 6. The lowest BCUT2D eigenvalue weighted by molar-refractivity contribution is -0.263. The molecule has 1 aromatic carbocycles. The van der Waals surface area contributed by atoms with Crippen molar-refractivity contribution in [1.29, 1.82) is 0 Å². The highest BCUT2D eigenvalue weighted by molar-refractivity contribution is 5.27. The zero-order valence-electron chi connectivity index (χ0n) is 11.1. The molecule has 0 aromatic heterocycles. The summed E-state index contributed by atoms with van der Waals surface area (Å²) < 4.78 is 5.13. The van der Waals surface area contributed by atoms with Gasteiger partial charge >= 0.3 is 0 Å². The quantitative estimate of drug-likeness (QED) is 0.530. The second kappa shape index (κ2) is 6.07. The van der Waals surface area contributed by atoms with Crippen molar-refractivity contribution in [2.75, 3.05) is 0 Å². The molecule has 20 heavy (non-hydrogen) atoms. The summed E-state index contributed by atoms with van der Waals surface area (Å²) >= 11 is 0. The Morgan fingerprint density at radius 1 is 1.10 bits per heavy atom. The fourth-order valence-corrected chi connectivity index (χ4v) is 2.45. The monoisotopic (exact) mass is 284 g/mol. The molecule has 1 aromatic rings.